The van der Waals surface area contributed by atoms with E-state index >= 15 is 0 Å². The number of aliphatic carboxylic acids is 1. The minimum absolute atomic E-state index is 0.157. The Morgan fingerprint density at radius 2 is 1.80 bits per heavy atom. The van der Waals surface area contributed by atoms with Crippen LogP contribution in [0.2, 0.25) is 0 Å². The molecule has 20 heavy (non-hydrogen) atoms. The first-order valence-electron chi connectivity index (χ1n) is 6.12. The van der Waals surface area contributed by atoms with E-state index in [0.29, 0.717) is 6.07 Å². The number of halogens is 2. The molecule has 0 radical (unpaired) electrons. The molecule has 6 heteroatoms. The third-order valence-electron chi connectivity index (χ3n) is 3.28. The molecular weight excluding hydrogens is 268 g/mol. The van der Waals surface area contributed by atoms with E-state index in [2.05, 4.69) is 5.32 Å². The molecule has 2 rings (SSSR count). The molecule has 2 N–H and O–H groups in total. The van der Waals surface area contributed by atoms with E-state index in [1.807, 2.05) is 0 Å². The van der Waals surface area contributed by atoms with Crippen LogP contribution >= 0.6 is 0 Å². The minimum Gasteiger partial charge on any atom is -0.481 e. The van der Waals surface area contributed by atoms with Crippen LogP contribution < -0.4 is 5.32 Å². The summed E-state index contributed by atoms with van der Waals surface area (Å²) in [5, 5.41) is 11.4. The molecular formula is C14H13F2NO3. The Hall–Kier alpha value is -2.24. The monoisotopic (exact) mass is 281 g/mol. The van der Waals surface area contributed by atoms with Crippen LogP contribution in [0.15, 0.2) is 30.4 Å². The Morgan fingerprint density at radius 1 is 1.15 bits per heavy atom. The van der Waals surface area contributed by atoms with Gasteiger partial charge in [0.2, 0.25) is 5.91 Å². The fourth-order valence-electron chi connectivity index (χ4n) is 2.19. The van der Waals surface area contributed by atoms with Gasteiger partial charge in [0, 0.05) is 6.07 Å². The number of nitrogens with one attached hydrogen (secondary N) is 1. The second kappa shape index (κ2) is 5.81. The van der Waals surface area contributed by atoms with Gasteiger partial charge in [-0.3, -0.25) is 9.59 Å². The number of carbonyl (C=O) groups excluding carboxylic acids is 1. The van der Waals surface area contributed by atoms with Gasteiger partial charge >= 0.3 is 5.97 Å². The molecule has 0 unspecified atom stereocenters. The second-order valence-electron chi connectivity index (χ2n) is 4.61. The first-order chi connectivity index (χ1) is 9.49. The smallest absolute Gasteiger partial charge is 0.307 e. The van der Waals surface area contributed by atoms with Gasteiger partial charge in [0.25, 0.3) is 0 Å². The first kappa shape index (κ1) is 14.2. The van der Waals surface area contributed by atoms with Crippen molar-refractivity contribution in [2.75, 3.05) is 5.32 Å². The molecule has 2 atom stereocenters. The maximum Gasteiger partial charge on any atom is 0.307 e. The number of carboxylic acid groups (broad SMARTS) is 1. The normalized spacial score (nSPS) is 21.5. The molecule has 4 nitrogen and oxygen atoms in total. The fraction of sp³-hybridized carbons (Fsp3) is 0.286. The molecule has 0 aromatic heterocycles. The predicted molar refractivity (Wildman–Crippen MR) is 68.0 cm³/mol. The molecule has 0 aliphatic heterocycles. The SMILES string of the molecule is O=C(O)[C@H]1CC=CC[C@H]1C(=O)Nc1ccc(F)cc1F. The van der Waals surface area contributed by atoms with Gasteiger partial charge in [-0.05, 0) is 25.0 Å². The van der Waals surface area contributed by atoms with Crippen LogP contribution in [0.3, 0.4) is 0 Å². The van der Waals surface area contributed by atoms with Crippen molar-refractivity contribution in [3.8, 4) is 0 Å². The van der Waals surface area contributed by atoms with Crippen molar-refractivity contribution < 1.29 is 23.5 Å². The summed E-state index contributed by atoms with van der Waals surface area (Å²) in [6.45, 7) is 0. The molecule has 0 saturated carbocycles. The molecule has 0 spiro atoms. The molecule has 0 heterocycles. The Morgan fingerprint density at radius 3 is 2.40 bits per heavy atom. The largest absolute Gasteiger partial charge is 0.481 e. The van der Waals surface area contributed by atoms with Gasteiger partial charge in [0.15, 0.2) is 0 Å². The van der Waals surface area contributed by atoms with Gasteiger partial charge in [0.05, 0.1) is 17.5 Å². The van der Waals surface area contributed by atoms with E-state index in [1.54, 1.807) is 12.2 Å². The highest BCUT2D eigenvalue weighted by molar-refractivity contribution is 5.95. The maximum absolute atomic E-state index is 13.4. The van der Waals surface area contributed by atoms with Crippen LogP contribution in [0.5, 0.6) is 0 Å². The summed E-state index contributed by atoms with van der Waals surface area (Å²) >= 11 is 0. The summed E-state index contributed by atoms with van der Waals surface area (Å²) in [7, 11) is 0. The number of carbonyl (C=O) groups is 2. The molecule has 1 aromatic carbocycles. The van der Waals surface area contributed by atoms with Gasteiger partial charge in [0.1, 0.15) is 11.6 Å². The summed E-state index contributed by atoms with van der Waals surface area (Å²) in [5.41, 5.74) is -0.157. The van der Waals surface area contributed by atoms with E-state index in [9.17, 15) is 18.4 Å². The summed E-state index contributed by atoms with van der Waals surface area (Å²) in [6, 6.07) is 2.79. The lowest BCUT2D eigenvalue weighted by Gasteiger charge is -2.24. The average molecular weight is 281 g/mol. The van der Waals surface area contributed by atoms with Crippen molar-refractivity contribution in [3.63, 3.8) is 0 Å². The second-order valence-corrected chi connectivity index (χ2v) is 4.61. The van der Waals surface area contributed by atoms with E-state index < -0.39 is 35.3 Å². The van der Waals surface area contributed by atoms with Crippen LogP contribution in [0.1, 0.15) is 12.8 Å². The quantitative estimate of drug-likeness (QED) is 0.837. The van der Waals surface area contributed by atoms with Crippen molar-refractivity contribution in [1.82, 2.24) is 0 Å². The molecule has 0 bridgehead atoms. The first-order valence-corrected chi connectivity index (χ1v) is 6.12. The topological polar surface area (TPSA) is 66.4 Å². The Labute approximate surface area is 114 Å². The zero-order valence-corrected chi connectivity index (χ0v) is 10.5. The molecule has 1 aliphatic carbocycles. The van der Waals surface area contributed by atoms with E-state index in [1.165, 1.54) is 0 Å². The van der Waals surface area contributed by atoms with Crippen LogP contribution in [0.4, 0.5) is 14.5 Å². The standard InChI is InChI=1S/C14H13F2NO3/c15-8-5-6-12(11(16)7-8)17-13(18)9-3-1-2-4-10(9)14(19)20/h1-2,5-7,9-10H,3-4H2,(H,17,18)(H,19,20)/t9-,10+/m1/s1. The number of allylic oxidation sites excluding steroid dienone is 2. The van der Waals surface area contributed by atoms with Crippen LogP contribution in [0, 0.1) is 23.5 Å². The van der Waals surface area contributed by atoms with E-state index in [-0.39, 0.29) is 18.5 Å². The molecule has 0 fully saturated rings. The summed E-state index contributed by atoms with van der Waals surface area (Å²) < 4.78 is 26.2. The Kier molecular flexibility index (Phi) is 4.12. The van der Waals surface area contributed by atoms with E-state index in [0.717, 1.165) is 12.1 Å². The number of hydrogen-bond donors (Lipinski definition) is 2. The summed E-state index contributed by atoms with van der Waals surface area (Å²) in [5.74, 6) is -4.87. The van der Waals surface area contributed by atoms with Crippen molar-refractivity contribution in [2.24, 2.45) is 11.8 Å². The molecule has 106 valence electrons. The zero-order chi connectivity index (χ0) is 14.7. The Balaban J connectivity index is 2.14. The number of amides is 1. The van der Waals surface area contributed by atoms with Gasteiger partial charge in [-0.25, -0.2) is 8.78 Å². The average Bonchev–Trinajstić information content (AvgIpc) is 2.41. The van der Waals surface area contributed by atoms with Gasteiger partial charge < -0.3 is 10.4 Å². The van der Waals surface area contributed by atoms with Gasteiger partial charge in [-0.1, -0.05) is 12.2 Å². The van der Waals surface area contributed by atoms with Crippen LogP contribution in [-0.4, -0.2) is 17.0 Å². The van der Waals surface area contributed by atoms with Gasteiger partial charge in [-0.15, -0.1) is 0 Å². The molecule has 1 aromatic rings. The fourth-order valence-corrected chi connectivity index (χ4v) is 2.19. The number of benzene rings is 1. The Bertz CT molecular complexity index is 572. The molecule has 1 amide bonds. The van der Waals surface area contributed by atoms with Crippen LogP contribution in [-0.2, 0) is 9.59 Å². The highest BCUT2D eigenvalue weighted by Gasteiger charge is 2.34. The van der Waals surface area contributed by atoms with E-state index in [4.69, 9.17) is 5.11 Å². The lowest BCUT2D eigenvalue weighted by atomic mass is 9.82. The third kappa shape index (κ3) is 3.01. The maximum atomic E-state index is 13.4. The number of carboxylic acids is 1. The molecule has 1 aliphatic rings. The highest BCUT2D eigenvalue weighted by atomic mass is 19.1. The number of hydrogen-bond acceptors (Lipinski definition) is 2. The highest BCUT2D eigenvalue weighted by Crippen LogP contribution is 2.27. The predicted octanol–water partition coefficient (Wildman–Crippen LogP) is 2.57. The summed E-state index contributed by atoms with van der Waals surface area (Å²) in [4.78, 5) is 23.1. The minimum atomic E-state index is -1.06. The third-order valence-corrected chi connectivity index (χ3v) is 3.28. The molecule has 0 saturated heterocycles. The van der Waals surface area contributed by atoms with Crippen molar-refractivity contribution in [2.45, 2.75) is 12.8 Å². The zero-order valence-electron chi connectivity index (χ0n) is 10.5. The lowest BCUT2D eigenvalue weighted by Crippen LogP contribution is -2.34. The van der Waals surface area contributed by atoms with Crippen molar-refractivity contribution in [1.29, 1.82) is 0 Å². The van der Waals surface area contributed by atoms with Crippen molar-refractivity contribution in [3.05, 3.63) is 42.0 Å². The van der Waals surface area contributed by atoms with Crippen molar-refractivity contribution >= 4 is 17.6 Å². The number of anilines is 1. The van der Waals surface area contributed by atoms with Crippen LogP contribution in [0.25, 0.3) is 0 Å². The lowest BCUT2D eigenvalue weighted by molar-refractivity contribution is -0.146. The summed E-state index contributed by atoms with van der Waals surface area (Å²) in [6.07, 6.45) is 3.98. The number of rotatable bonds is 3. The van der Waals surface area contributed by atoms with Gasteiger partial charge in [-0.2, -0.15) is 0 Å².